The van der Waals surface area contributed by atoms with Crippen LogP contribution in [-0.2, 0) is 0 Å². The minimum Gasteiger partial charge on any atom is -0.385 e. The minimum atomic E-state index is -0.672. The Morgan fingerprint density at radius 2 is 1.58 bits per heavy atom. The second kappa shape index (κ2) is 9.32. The lowest BCUT2D eigenvalue weighted by atomic mass is 10.1. The summed E-state index contributed by atoms with van der Waals surface area (Å²) >= 11 is 0. The van der Waals surface area contributed by atoms with Gasteiger partial charge in [0.25, 0.3) is 0 Å². The average molecular weight is 427 g/mol. The Balaban J connectivity index is 1.48. The number of hydrogen-bond acceptors (Lipinski definition) is 9. The molecule has 4 heterocycles. The topological polar surface area (TPSA) is 84.8 Å². The lowest BCUT2D eigenvalue weighted by Gasteiger charge is -2.45. The maximum Gasteiger partial charge on any atom is 0.227 e. The number of rotatable bonds is 5. The fourth-order valence-corrected chi connectivity index (χ4v) is 4.60. The number of anilines is 3. The van der Waals surface area contributed by atoms with Crippen molar-refractivity contribution in [1.29, 1.82) is 0 Å². The molecule has 2 aliphatic heterocycles. The molecule has 1 N–H and O–H groups in total. The van der Waals surface area contributed by atoms with Crippen LogP contribution in [0.3, 0.4) is 0 Å². The summed E-state index contributed by atoms with van der Waals surface area (Å²) in [6.45, 7) is 15.2. The van der Waals surface area contributed by atoms with Gasteiger partial charge in [0.1, 0.15) is 17.7 Å². The number of aliphatic hydroxyl groups excluding tert-OH is 1. The molecule has 3 atom stereocenters. The highest BCUT2D eigenvalue weighted by molar-refractivity contribution is 5.50. The number of likely N-dealkylation sites (N-methyl/N-ethyl adjacent to an activating group) is 1. The van der Waals surface area contributed by atoms with E-state index >= 15 is 0 Å². The highest BCUT2D eigenvalue weighted by Crippen LogP contribution is 2.27. The number of aliphatic hydroxyl groups is 1. The summed E-state index contributed by atoms with van der Waals surface area (Å²) in [7, 11) is 0. The van der Waals surface area contributed by atoms with Crippen molar-refractivity contribution in [2.24, 2.45) is 0 Å². The third-order valence-electron chi connectivity index (χ3n) is 6.27. The number of hydrogen-bond donors (Lipinski definition) is 1. The van der Waals surface area contributed by atoms with E-state index in [0.29, 0.717) is 5.82 Å². The van der Waals surface area contributed by atoms with Crippen molar-refractivity contribution in [3.63, 3.8) is 0 Å². The van der Waals surface area contributed by atoms with E-state index < -0.39 is 6.10 Å². The van der Waals surface area contributed by atoms with Crippen LogP contribution in [0.4, 0.5) is 17.6 Å². The van der Waals surface area contributed by atoms with Gasteiger partial charge in [0, 0.05) is 63.7 Å². The molecular formula is C22H34N8O. The first-order valence-corrected chi connectivity index (χ1v) is 11.3. The molecule has 0 radical (unpaired) electrons. The minimum absolute atomic E-state index is 0.258. The van der Waals surface area contributed by atoms with Gasteiger partial charge >= 0.3 is 0 Å². The number of nitrogens with zero attached hydrogens (tertiary/aromatic N) is 8. The highest BCUT2D eigenvalue weighted by atomic mass is 16.3. The number of piperazine rings is 2. The molecular weight excluding hydrogens is 392 g/mol. The van der Waals surface area contributed by atoms with Crippen LogP contribution in [0, 0.1) is 0 Å². The first kappa shape index (κ1) is 21.7. The van der Waals surface area contributed by atoms with Crippen LogP contribution >= 0.6 is 0 Å². The van der Waals surface area contributed by atoms with Gasteiger partial charge in [-0.1, -0.05) is 6.92 Å². The van der Waals surface area contributed by atoms with E-state index in [1.165, 1.54) is 0 Å². The van der Waals surface area contributed by atoms with E-state index in [-0.39, 0.29) is 12.1 Å². The van der Waals surface area contributed by atoms with Crippen LogP contribution in [0.25, 0.3) is 0 Å². The van der Waals surface area contributed by atoms with Crippen LogP contribution in [0.1, 0.15) is 39.6 Å². The predicted molar refractivity (Wildman–Crippen MR) is 123 cm³/mol. The van der Waals surface area contributed by atoms with Crippen LogP contribution < -0.4 is 14.7 Å². The van der Waals surface area contributed by atoms with Crippen LogP contribution in [0.2, 0.25) is 0 Å². The van der Waals surface area contributed by atoms with Crippen molar-refractivity contribution >= 4 is 17.6 Å². The smallest absolute Gasteiger partial charge is 0.227 e. The molecule has 0 spiro atoms. The Bertz CT molecular complexity index is 858. The maximum absolute atomic E-state index is 9.83. The van der Waals surface area contributed by atoms with Crippen molar-refractivity contribution in [2.45, 2.75) is 45.9 Å². The molecule has 2 aliphatic rings. The lowest BCUT2D eigenvalue weighted by Crippen LogP contribution is -2.57. The SMILES string of the molecule is CCN1CCN(c2nccc(N3[C@H](C)CN(c4ccnc([C@@H](C)O)n4)C[C@@H]3C)n2)CC1. The Morgan fingerprint density at radius 1 is 0.935 bits per heavy atom. The normalized spacial score (nSPS) is 23.8. The molecule has 2 aromatic heterocycles. The fraction of sp³-hybridized carbons (Fsp3) is 0.636. The van der Waals surface area contributed by atoms with Gasteiger partial charge in [-0.3, -0.25) is 0 Å². The summed E-state index contributed by atoms with van der Waals surface area (Å²) in [6, 6.07) is 4.45. The molecule has 0 bridgehead atoms. The van der Waals surface area contributed by atoms with Gasteiger partial charge in [0.2, 0.25) is 5.95 Å². The van der Waals surface area contributed by atoms with Crippen molar-refractivity contribution < 1.29 is 5.11 Å². The van der Waals surface area contributed by atoms with Crippen molar-refractivity contribution in [2.75, 3.05) is 60.5 Å². The summed E-state index contributed by atoms with van der Waals surface area (Å²) in [4.78, 5) is 27.7. The van der Waals surface area contributed by atoms with Crippen molar-refractivity contribution in [3.8, 4) is 0 Å². The molecule has 2 saturated heterocycles. The molecule has 0 aromatic carbocycles. The molecule has 0 amide bonds. The zero-order valence-corrected chi connectivity index (χ0v) is 19.0. The summed E-state index contributed by atoms with van der Waals surface area (Å²) < 4.78 is 0. The Kier molecular flexibility index (Phi) is 6.52. The van der Waals surface area contributed by atoms with E-state index in [0.717, 1.165) is 63.4 Å². The van der Waals surface area contributed by atoms with E-state index in [4.69, 9.17) is 4.98 Å². The van der Waals surface area contributed by atoms with E-state index in [1.807, 2.05) is 18.3 Å². The molecule has 9 nitrogen and oxygen atoms in total. The molecule has 2 aromatic rings. The summed E-state index contributed by atoms with van der Waals surface area (Å²) in [5.74, 6) is 3.13. The summed E-state index contributed by atoms with van der Waals surface area (Å²) in [5, 5.41) is 9.83. The first-order chi connectivity index (χ1) is 15.0. The molecule has 2 fully saturated rings. The largest absolute Gasteiger partial charge is 0.385 e. The zero-order chi connectivity index (χ0) is 22.0. The van der Waals surface area contributed by atoms with Gasteiger partial charge in [0.15, 0.2) is 5.82 Å². The maximum atomic E-state index is 9.83. The molecule has 0 unspecified atom stereocenters. The quantitative estimate of drug-likeness (QED) is 0.766. The molecule has 0 saturated carbocycles. The van der Waals surface area contributed by atoms with Gasteiger partial charge in [-0.25, -0.2) is 15.0 Å². The third kappa shape index (κ3) is 4.72. The molecule has 0 aliphatic carbocycles. The number of aromatic nitrogens is 4. The van der Waals surface area contributed by atoms with Crippen LogP contribution in [0.5, 0.6) is 0 Å². The molecule has 9 heteroatoms. The molecule has 4 rings (SSSR count). The van der Waals surface area contributed by atoms with Gasteiger partial charge in [-0.2, -0.15) is 4.98 Å². The Morgan fingerprint density at radius 3 is 2.23 bits per heavy atom. The Hall–Kier alpha value is -2.52. The standard InChI is InChI=1S/C22H34N8O/c1-5-27-10-12-28(13-11-27)22-24-9-7-20(26-22)30-16(2)14-29(15-17(30)3)19-6-8-23-21(25-19)18(4)31/h6-9,16-18,31H,5,10-15H2,1-4H3/t16-,17+,18-/m1/s1. The van der Waals surface area contributed by atoms with E-state index in [2.05, 4.69) is 55.3 Å². The second-order valence-corrected chi connectivity index (χ2v) is 8.60. The van der Waals surface area contributed by atoms with Gasteiger partial charge in [-0.05, 0) is 39.4 Å². The second-order valence-electron chi connectivity index (χ2n) is 8.60. The summed E-state index contributed by atoms with van der Waals surface area (Å²) in [5.41, 5.74) is 0. The molecule has 31 heavy (non-hydrogen) atoms. The van der Waals surface area contributed by atoms with Gasteiger partial charge in [0.05, 0.1) is 0 Å². The van der Waals surface area contributed by atoms with Gasteiger partial charge in [-0.15, -0.1) is 0 Å². The van der Waals surface area contributed by atoms with Crippen molar-refractivity contribution in [3.05, 3.63) is 30.4 Å². The Labute approximate surface area is 184 Å². The monoisotopic (exact) mass is 426 g/mol. The lowest BCUT2D eigenvalue weighted by molar-refractivity contribution is 0.189. The predicted octanol–water partition coefficient (Wildman–Crippen LogP) is 1.57. The third-order valence-corrected chi connectivity index (χ3v) is 6.27. The fourth-order valence-electron chi connectivity index (χ4n) is 4.60. The van der Waals surface area contributed by atoms with Crippen molar-refractivity contribution in [1.82, 2.24) is 24.8 Å². The highest BCUT2D eigenvalue weighted by Gasteiger charge is 2.32. The average Bonchev–Trinajstić information content (AvgIpc) is 2.79. The van der Waals surface area contributed by atoms with E-state index in [9.17, 15) is 5.11 Å². The molecule has 168 valence electrons. The van der Waals surface area contributed by atoms with Crippen LogP contribution in [-0.4, -0.2) is 87.8 Å². The van der Waals surface area contributed by atoms with Gasteiger partial charge < -0.3 is 24.7 Å². The summed E-state index contributed by atoms with van der Waals surface area (Å²) in [6.07, 6.45) is 2.94. The van der Waals surface area contributed by atoms with Crippen LogP contribution in [0.15, 0.2) is 24.5 Å². The van der Waals surface area contributed by atoms with E-state index in [1.54, 1.807) is 13.1 Å². The first-order valence-electron chi connectivity index (χ1n) is 11.3. The zero-order valence-electron chi connectivity index (χ0n) is 19.0.